The Morgan fingerprint density at radius 3 is 3.20 bits per heavy atom. The van der Waals surface area contributed by atoms with Crippen LogP contribution in [0, 0.1) is 17.2 Å². The minimum Gasteiger partial charge on any atom is -0.260 e. The molecule has 1 saturated heterocycles. The van der Waals surface area contributed by atoms with Crippen molar-refractivity contribution >= 4 is 0 Å². The Kier molecular flexibility index (Phi) is 3.28. The van der Waals surface area contributed by atoms with Gasteiger partial charge >= 0.3 is 0 Å². The summed E-state index contributed by atoms with van der Waals surface area (Å²) < 4.78 is 0. The van der Waals surface area contributed by atoms with Crippen molar-refractivity contribution in [3.8, 4) is 6.07 Å². The van der Waals surface area contributed by atoms with Crippen LogP contribution in [0.25, 0.3) is 0 Å². The van der Waals surface area contributed by atoms with Crippen LogP contribution in [0.1, 0.15) is 24.6 Å². The molecule has 2 N–H and O–H groups in total. The van der Waals surface area contributed by atoms with E-state index >= 15 is 0 Å². The molecule has 2 rings (SSSR count). The topological polar surface area (TPSA) is 60.7 Å². The van der Waals surface area contributed by atoms with Crippen LogP contribution in [0.15, 0.2) is 24.4 Å². The van der Waals surface area contributed by atoms with Crippen molar-refractivity contribution in [3.05, 3.63) is 30.1 Å². The van der Waals surface area contributed by atoms with Gasteiger partial charge in [0.05, 0.1) is 17.8 Å². The van der Waals surface area contributed by atoms with E-state index in [2.05, 4.69) is 21.9 Å². The molecule has 0 aromatic carbocycles. The average Bonchev–Trinajstić information content (AvgIpc) is 2.75. The summed E-state index contributed by atoms with van der Waals surface area (Å²) in [6.07, 6.45) is 3.33. The lowest BCUT2D eigenvalue weighted by Crippen LogP contribution is -2.25. The quantitative estimate of drug-likeness (QED) is 0.772. The van der Waals surface area contributed by atoms with Gasteiger partial charge < -0.3 is 0 Å². The SMILES string of the molecule is N#CCCC1CNNC1c1ccccn1. The van der Waals surface area contributed by atoms with Gasteiger partial charge in [0.25, 0.3) is 0 Å². The Bertz CT molecular complexity index is 343. The molecule has 0 amide bonds. The summed E-state index contributed by atoms with van der Waals surface area (Å²) in [6.45, 7) is 0.906. The van der Waals surface area contributed by atoms with Crippen LogP contribution in [-0.2, 0) is 0 Å². The maximum atomic E-state index is 8.58. The van der Waals surface area contributed by atoms with E-state index in [0.29, 0.717) is 12.3 Å². The number of nitrogens with one attached hydrogen (secondary N) is 2. The lowest BCUT2D eigenvalue weighted by Gasteiger charge is -2.16. The fourth-order valence-corrected chi connectivity index (χ4v) is 1.93. The van der Waals surface area contributed by atoms with Crippen LogP contribution in [0.5, 0.6) is 0 Å². The summed E-state index contributed by atoms with van der Waals surface area (Å²) in [4.78, 5) is 4.33. The highest BCUT2D eigenvalue weighted by Crippen LogP contribution is 2.26. The minimum absolute atomic E-state index is 0.236. The Balaban J connectivity index is 2.05. The lowest BCUT2D eigenvalue weighted by atomic mass is 9.94. The van der Waals surface area contributed by atoms with Gasteiger partial charge in [0.2, 0.25) is 0 Å². The van der Waals surface area contributed by atoms with Gasteiger partial charge in [-0.15, -0.1) is 0 Å². The van der Waals surface area contributed by atoms with Gasteiger partial charge in [-0.25, -0.2) is 5.43 Å². The fourth-order valence-electron chi connectivity index (χ4n) is 1.93. The number of pyridine rings is 1. The Labute approximate surface area is 89.3 Å². The molecular weight excluding hydrogens is 188 g/mol. The third-order valence-corrected chi connectivity index (χ3v) is 2.73. The maximum absolute atomic E-state index is 8.58. The standard InChI is InChI=1S/C11H14N4/c12-6-3-4-9-8-14-15-11(9)10-5-1-2-7-13-10/h1-2,5,7,9,11,14-15H,3-4,8H2. The van der Waals surface area contributed by atoms with E-state index in [1.807, 2.05) is 18.2 Å². The zero-order valence-electron chi connectivity index (χ0n) is 8.48. The van der Waals surface area contributed by atoms with Crippen LogP contribution in [-0.4, -0.2) is 11.5 Å². The number of hydrogen-bond donors (Lipinski definition) is 2. The van der Waals surface area contributed by atoms with Crippen molar-refractivity contribution in [2.75, 3.05) is 6.54 Å². The van der Waals surface area contributed by atoms with Crippen LogP contribution in [0.3, 0.4) is 0 Å². The molecule has 2 unspecified atom stereocenters. The number of hydrazine groups is 1. The molecule has 0 aliphatic carbocycles. The summed E-state index contributed by atoms with van der Waals surface area (Å²) in [6, 6.07) is 8.35. The molecule has 4 heteroatoms. The highest BCUT2D eigenvalue weighted by Gasteiger charge is 2.28. The monoisotopic (exact) mass is 202 g/mol. The van der Waals surface area contributed by atoms with Gasteiger partial charge in [-0.3, -0.25) is 10.4 Å². The highest BCUT2D eigenvalue weighted by molar-refractivity contribution is 5.11. The van der Waals surface area contributed by atoms with Gasteiger partial charge in [-0.2, -0.15) is 5.26 Å². The molecule has 1 aliphatic heterocycles. The molecule has 78 valence electrons. The van der Waals surface area contributed by atoms with Crippen molar-refractivity contribution in [1.82, 2.24) is 15.8 Å². The largest absolute Gasteiger partial charge is 0.260 e. The van der Waals surface area contributed by atoms with Crippen molar-refractivity contribution in [1.29, 1.82) is 5.26 Å². The van der Waals surface area contributed by atoms with Crippen molar-refractivity contribution in [2.24, 2.45) is 5.92 Å². The zero-order chi connectivity index (χ0) is 10.5. The average molecular weight is 202 g/mol. The normalized spacial score (nSPS) is 25.0. The molecule has 0 spiro atoms. The van der Waals surface area contributed by atoms with Crippen LogP contribution >= 0.6 is 0 Å². The number of rotatable bonds is 3. The van der Waals surface area contributed by atoms with Crippen LogP contribution < -0.4 is 10.9 Å². The molecular formula is C11H14N4. The smallest absolute Gasteiger partial charge is 0.0675 e. The lowest BCUT2D eigenvalue weighted by molar-refractivity contribution is 0.442. The molecule has 1 aromatic rings. The molecule has 2 heterocycles. The summed E-state index contributed by atoms with van der Waals surface area (Å²) in [5.41, 5.74) is 7.39. The van der Waals surface area contributed by atoms with Gasteiger partial charge in [0.1, 0.15) is 0 Å². The van der Waals surface area contributed by atoms with Gasteiger partial charge in [0.15, 0.2) is 0 Å². The molecule has 0 saturated carbocycles. The third kappa shape index (κ3) is 2.32. The Morgan fingerprint density at radius 2 is 2.47 bits per heavy atom. The zero-order valence-corrected chi connectivity index (χ0v) is 8.48. The van der Waals surface area contributed by atoms with Crippen molar-refractivity contribution in [2.45, 2.75) is 18.9 Å². The second-order valence-corrected chi connectivity index (χ2v) is 3.71. The second-order valence-electron chi connectivity index (χ2n) is 3.71. The van der Waals surface area contributed by atoms with Crippen molar-refractivity contribution < 1.29 is 0 Å². The number of hydrogen-bond acceptors (Lipinski definition) is 4. The maximum Gasteiger partial charge on any atom is 0.0675 e. The molecule has 4 nitrogen and oxygen atoms in total. The Morgan fingerprint density at radius 1 is 1.53 bits per heavy atom. The van der Waals surface area contributed by atoms with E-state index in [1.54, 1.807) is 6.20 Å². The highest BCUT2D eigenvalue weighted by atomic mass is 15.4. The summed E-state index contributed by atoms with van der Waals surface area (Å²) in [5, 5.41) is 8.58. The minimum atomic E-state index is 0.236. The number of aromatic nitrogens is 1. The molecule has 1 fully saturated rings. The third-order valence-electron chi connectivity index (χ3n) is 2.73. The summed E-state index contributed by atoms with van der Waals surface area (Å²) in [7, 11) is 0. The predicted molar refractivity (Wildman–Crippen MR) is 56.5 cm³/mol. The molecule has 1 aliphatic rings. The summed E-state index contributed by atoms with van der Waals surface area (Å²) in [5.74, 6) is 0.458. The number of nitriles is 1. The first-order chi connectivity index (χ1) is 7.42. The van der Waals surface area contributed by atoms with E-state index in [-0.39, 0.29) is 6.04 Å². The van der Waals surface area contributed by atoms with E-state index in [4.69, 9.17) is 5.26 Å². The van der Waals surface area contributed by atoms with E-state index in [1.165, 1.54) is 0 Å². The predicted octanol–water partition coefficient (Wildman–Crippen LogP) is 1.15. The van der Waals surface area contributed by atoms with Crippen LogP contribution in [0.4, 0.5) is 0 Å². The van der Waals surface area contributed by atoms with E-state index in [0.717, 1.165) is 18.7 Å². The second kappa shape index (κ2) is 4.87. The van der Waals surface area contributed by atoms with Gasteiger partial charge in [-0.1, -0.05) is 6.07 Å². The Hall–Kier alpha value is -1.44. The first kappa shape index (κ1) is 10.1. The molecule has 1 aromatic heterocycles. The van der Waals surface area contributed by atoms with E-state index in [9.17, 15) is 0 Å². The first-order valence-electron chi connectivity index (χ1n) is 5.18. The first-order valence-corrected chi connectivity index (χ1v) is 5.18. The molecule has 0 radical (unpaired) electrons. The van der Waals surface area contributed by atoms with Gasteiger partial charge in [0, 0.05) is 19.2 Å². The van der Waals surface area contributed by atoms with Crippen molar-refractivity contribution in [3.63, 3.8) is 0 Å². The van der Waals surface area contributed by atoms with Gasteiger partial charge in [-0.05, 0) is 24.5 Å². The summed E-state index contributed by atoms with van der Waals surface area (Å²) >= 11 is 0. The number of nitrogens with zero attached hydrogens (tertiary/aromatic N) is 2. The molecule has 2 atom stereocenters. The van der Waals surface area contributed by atoms with Crippen LogP contribution in [0.2, 0.25) is 0 Å². The molecule has 15 heavy (non-hydrogen) atoms. The fraction of sp³-hybridized carbons (Fsp3) is 0.455. The molecule has 0 bridgehead atoms. The van der Waals surface area contributed by atoms with E-state index < -0.39 is 0 Å².